The fourth-order valence-corrected chi connectivity index (χ4v) is 6.72. The normalized spacial score (nSPS) is 19.4. The Labute approximate surface area is 291 Å². The van der Waals surface area contributed by atoms with Crippen LogP contribution >= 0.6 is 11.8 Å². The fraction of sp³-hybridized carbons (Fsp3) is 0.308. The van der Waals surface area contributed by atoms with Gasteiger partial charge in [0.05, 0.1) is 24.9 Å². The summed E-state index contributed by atoms with van der Waals surface area (Å²) in [6.07, 6.45) is -0.577. The Kier molecular flexibility index (Phi) is 12.6. The molecule has 256 valence electrons. The second-order valence-electron chi connectivity index (χ2n) is 12.3. The highest BCUT2D eigenvalue weighted by molar-refractivity contribution is 7.99. The molecule has 49 heavy (non-hydrogen) atoms. The highest BCUT2D eigenvalue weighted by Crippen LogP contribution is 2.43. The summed E-state index contributed by atoms with van der Waals surface area (Å²) in [5.74, 6) is 0.504. The van der Waals surface area contributed by atoms with Crippen LogP contribution in [0.5, 0.6) is 0 Å². The summed E-state index contributed by atoms with van der Waals surface area (Å²) in [5, 5.41) is 18.0. The van der Waals surface area contributed by atoms with Gasteiger partial charge in [-0.2, -0.15) is 0 Å². The van der Waals surface area contributed by atoms with Crippen molar-refractivity contribution < 1.29 is 29.0 Å². The van der Waals surface area contributed by atoms with Gasteiger partial charge in [0.15, 0.2) is 12.1 Å². The Morgan fingerprint density at radius 2 is 1.45 bits per heavy atom. The van der Waals surface area contributed by atoms with Gasteiger partial charge in [0.1, 0.15) is 0 Å². The number of ketones is 1. The van der Waals surface area contributed by atoms with Gasteiger partial charge in [-0.3, -0.25) is 9.59 Å². The van der Waals surface area contributed by atoms with E-state index >= 15 is 0 Å². The van der Waals surface area contributed by atoms with E-state index in [1.54, 1.807) is 11.8 Å². The molecule has 1 fully saturated rings. The monoisotopic (exact) mass is 681 g/mol. The molecule has 9 nitrogen and oxygen atoms in total. The number of Topliss-reactive ketones (excluding diaryl/α,β-unsaturated/α-hetero) is 1. The third-order valence-electron chi connectivity index (χ3n) is 8.50. The SMILES string of the molecule is CC(=O)Nc1ccc(SCC2OC(c3ccc(CNC(=O)NC(Cc4ccccc4)C(C)=O)cc3)OC(c3ccc(CO)cc3)C2C)cc1. The third-order valence-corrected chi connectivity index (χ3v) is 9.60. The molecule has 10 heteroatoms. The third kappa shape index (κ3) is 10.3. The number of carbonyl (C=O) groups excluding carboxylic acids is 3. The van der Waals surface area contributed by atoms with Crippen molar-refractivity contribution in [2.75, 3.05) is 11.1 Å². The fourth-order valence-electron chi connectivity index (χ4n) is 5.66. The van der Waals surface area contributed by atoms with Crippen LogP contribution in [0, 0.1) is 5.92 Å². The lowest BCUT2D eigenvalue weighted by Crippen LogP contribution is -2.46. The molecule has 4 N–H and O–H groups in total. The molecule has 0 saturated carbocycles. The molecule has 1 aliphatic heterocycles. The van der Waals surface area contributed by atoms with Crippen LogP contribution in [0.1, 0.15) is 61.0 Å². The minimum Gasteiger partial charge on any atom is -0.392 e. The second-order valence-corrected chi connectivity index (χ2v) is 13.4. The molecular formula is C39H43N3O6S. The molecule has 0 aromatic heterocycles. The average molecular weight is 682 g/mol. The van der Waals surface area contributed by atoms with Gasteiger partial charge in [-0.15, -0.1) is 11.8 Å². The molecule has 4 aromatic carbocycles. The van der Waals surface area contributed by atoms with E-state index in [2.05, 4.69) is 22.9 Å². The number of hydrogen-bond acceptors (Lipinski definition) is 7. The summed E-state index contributed by atoms with van der Waals surface area (Å²) in [6, 6.07) is 31.9. The molecule has 0 aliphatic carbocycles. The number of aliphatic hydroxyl groups excluding tert-OH is 1. The summed E-state index contributed by atoms with van der Waals surface area (Å²) in [5.41, 5.74) is 5.31. The first-order chi connectivity index (χ1) is 23.7. The van der Waals surface area contributed by atoms with Gasteiger partial charge < -0.3 is 30.5 Å². The smallest absolute Gasteiger partial charge is 0.315 e. The van der Waals surface area contributed by atoms with Crippen molar-refractivity contribution in [3.63, 3.8) is 0 Å². The van der Waals surface area contributed by atoms with Crippen molar-refractivity contribution in [2.45, 2.75) is 69.8 Å². The molecular weight excluding hydrogens is 639 g/mol. The molecule has 0 radical (unpaired) electrons. The maximum Gasteiger partial charge on any atom is 0.315 e. The number of ether oxygens (including phenoxy) is 2. The zero-order valence-corrected chi connectivity index (χ0v) is 28.7. The van der Waals surface area contributed by atoms with E-state index in [-0.39, 0.29) is 43.0 Å². The minimum atomic E-state index is -0.619. The lowest BCUT2D eigenvalue weighted by atomic mass is 9.91. The topological polar surface area (TPSA) is 126 Å². The number of nitrogens with one attached hydrogen (secondary N) is 3. The summed E-state index contributed by atoms with van der Waals surface area (Å²) >= 11 is 1.68. The van der Waals surface area contributed by atoms with Crippen LogP contribution in [-0.2, 0) is 38.6 Å². The lowest BCUT2D eigenvalue weighted by Gasteiger charge is -2.41. The predicted octanol–water partition coefficient (Wildman–Crippen LogP) is 6.72. The maximum atomic E-state index is 12.7. The van der Waals surface area contributed by atoms with Crippen molar-refractivity contribution in [3.8, 4) is 0 Å². The largest absolute Gasteiger partial charge is 0.392 e. The highest BCUT2D eigenvalue weighted by Gasteiger charge is 2.38. The maximum absolute atomic E-state index is 12.7. The molecule has 0 spiro atoms. The molecule has 1 aliphatic rings. The van der Waals surface area contributed by atoms with Crippen molar-refractivity contribution in [3.05, 3.63) is 131 Å². The lowest BCUT2D eigenvalue weighted by molar-refractivity contribution is -0.268. The van der Waals surface area contributed by atoms with Crippen molar-refractivity contribution in [2.24, 2.45) is 5.92 Å². The number of carbonyl (C=O) groups is 3. The van der Waals surface area contributed by atoms with Gasteiger partial charge >= 0.3 is 6.03 Å². The van der Waals surface area contributed by atoms with Gasteiger partial charge in [0.25, 0.3) is 0 Å². The number of thioether (sulfide) groups is 1. The first kappa shape index (κ1) is 35.8. The van der Waals surface area contributed by atoms with E-state index in [1.165, 1.54) is 13.8 Å². The second kappa shape index (κ2) is 17.3. The van der Waals surface area contributed by atoms with Gasteiger partial charge in [-0.25, -0.2) is 4.79 Å². The van der Waals surface area contributed by atoms with Crippen LogP contribution in [0.3, 0.4) is 0 Å². The zero-order chi connectivity index (χ0) is 34.8. The molecule has 3 amide bonds. The number of aliphatic hydroxyl groups is 1. The number of hydrogen-bond donors (Lipinski definition) is 4. The van der Waals surface area contributed by atoms with Gasteiger partial charge in [-0.05, 0) is 59.9 Å². The van der Waals surface area contributed by atoms with E-state index in [9.17, 15) is 19.5 Å². The minimum absolute atomic E-state index is 0.0268. The first-order valence-electron chi connectivity index (χ1n) is 16.4. The van der Waals surface area contributed by atoms with Crippen LogP contribution in [0.15, 0.2) is 108 Å². The summed E-state index contributed by atoms with van der Waals surface area (Å²) in [4.78, 5) is 37.3. The van der Waals surface area contributed by atoms with E-state index in [0.29, 0.717) is 12.2 Å². The van der Waals surface area contributed by atoms with Crippen LogP contribution < -0.4 is 16.0 Å². The molecule has 1 saturated heterocycles. The van der Waals surface area contributed by atoms with E-state index < -0.39 is 18.4 Å². The van der Waals surface area contributed by atoms with Gasteiger partial charge in [0.2, 0.25) is 5.91 Å². The van der Waals surface area contributed by atoms with Crippen molar-refractivity contribution in [1.82, 2.24) is 10.6 Å². The molecule has 0 bridgehead atoms. The van der Waals surface area contributed by atoms with Crippen LogP contribution in [-0.4, -0.2) is 40.7 Å². The van der Waals surface area contributed by atoms with E-state index in [1.807, 2.05) is 103 Å². The summed E-state index contributed by atoms with van der Waals surface area (Å²) in [7, 11) is 0. The first-order valence-corrected chi connectivity index (χ1v) is 17.4. The summed E-state index contributed by atoms with van der Waals surface area (Å²) < 4.78 is 13.2. The number of anilines is 1. The Morgan fingerprint density at radius 3 is 2.08 bits per heavy atom. The summed E-state index contributed by atoms with van der Waals surface area (Å²) in [6.45, 7) is 5.35. The molecule has 1 heterocycles. The molecule has 5 rings (SSSR count). The zero-order valence-electron chi connectivity index (χ0n) is 27.9. The Balaban J connectivity index is 1.23. The number of rotatable bonds is 13. The number of amides is 3. The Hall–Kier alpha value is -4.48. The van der Waals surface area contributed by atoms with Crippen LogP contribution in [0.4, 0.5) is 10.5 Å². The number of urea groups is 1. The molecule has 5 unspecified atom stereocenters. The average Bonchev–Trinajstić information content (AvgIpc) is 3.11. The quantitative estimate of drug-likeness (QED) is 0.116. The van der Waals surface area contributed by atoms with E-state index in [4.69, 9.17) is 9.47 Å². The van der Waals surface area contributed by atoms with Crippen LogP contribution in [0.2, 0.25) is 0 Å². The van der Waals surface area contributed by atoms with Crippen LogP contribution in [0.25, 0.3) is 0 Å². The Morgan fingerprint density at radius 1 is 0.796 bits per heavy atom. The standard InChI is InChI=1S/C39H43N3O6S/c1-25-36(24-49-34-19-17-33(18-20-34)41-27(3)45)47-38(48-37(25)31-13-11-30(23-43)12-14-31)32-15-9-29(10-16-32)22-40-39(46)42-35(26(2)44)21-28-7-5-4-6-8-28/h4-20,25,35-38,43H,21-24H2,1-3H3,(H,41,45)(H2,40,42,46). The van der Waals surface area contributed by atoms with E-state index in [0.717, 1.165) is 38.4 Å². The molecule has 5 atom stereocenters. The van der Waals surface area contributed by atoms with Crippen molar-refractivity contribution >= 4 is 35.2 Å². The van der Waals surface area contributed by atoms with Gasteiger partial charge in [-0.1, -0.05) is 85.8 Å². The van der Waals surface area contributed by atoms with Gasteiger partial charge in [0, 0.05) is 41.3 Å². The predicted molar refractivity (Wildman–Crippen MR) is 191 cm³/mol. The van der Waals surface area contributed by atoms with Crippen molar-refractivity contribution in [1.29, 1.82) is 0 Å². The number of benzene rings is 4. The Bertz CT molecular complexity index is 1680. The molecule has 4 aromatic rings. The highest BCUT2D eigenvalue weighted by atomic mass is 32.2.